The summed E-state index contributed by atoms with van der Waals surface area (Å²) >= 11 is 5.80. The third-order valence-corrected chi connectivity index (χ3v) is 4.64. The summed E-state index contributed by atoms with van der Waals surface area (Å²) in [6.45, 7) is 1.31. The lowest BCUT2D eigenvalue weighted by molar-refractivity contribution is -0.00879. The number of piperidine rings is 1. The molecule has 5 rings (SSSR count). The largest absolute Gasteiger partial charge is 0.481 e. The highest BCUT2D eigenvalue weighted by Crippen LogP contribution is 2.35. The van der Waals surface area contributed by atoms with E-state index in [2.05, 4.69) is 24.8 Å². The van der Waals surface area contributed by atoms with E-state index >= 15 is 0 Å². The average molecular weight is 333 g/mol. The second-order valence-electron chi connectivity index (χ2n) is 5.86. The van der Waals surface area contributed by atoms with Gasteiger partial charge in [-0.25, -0.2) is 15.0 Å². The van der Waals surface area contributed by atoms with E-state index in [0.29, 0.717) is 23.1 Å². The Balaban J connectivity index is 1.45. The van der Waals surface area contributed by atoms with Gasteiger partial charge in [-0.15, -0.1) is 0 Å². The molecular weight excluding hydrogens is 314 g/mol. The van der Waals surface area contributed by atoms with Gasteiger partial charge in [0.2, 0.25) is 5.88 Å². The van der Waals surface area contributed by atoms with Crippen LogP contribution >= 0.6 is 11.6 Å². The molecule has 120 valence electrons. The third-order valence-electron chi connectivity index (χ3n) is 4.45. The van der Waals surface area contributed by atoms with E-state index in [0.717, 1.165) is 30.9 Å². The van der Waals surface area contributed by atoms with E-state index in [4.69, 9.17) is 17.7 Å². The fourth-order valence-corrected chi connectivity index (χ4v) is 3.36. The molecule has 23 heavy (non-hydrogen) atoms. The standard InChI is InChI=1S/C16H18ClN5O/c1-23-16-3-2-11(5-20-16)8-22-12-4-13(22)10-21(9-12)15-7-18-14(17)6-19-15/h2-3,5-7,12-13H,4,8-10H2,1H3/i8D. The number of fused-ring (bicyclic) bond motifs is 2. The molecular formula is C16H18ClN5O. The van der Waals surface area contributed by atoms with Crippen molar-refractivity contribution in [1.29, 1.82) is 0 Å². The first kappa shape index (κ1) is 13.5. The molecule has 0 radical (unpaired) electrons. The van der Waals surface area contributed by atoms with Crippen molar-refractivity contribution >= 4 is 17.4 Å². The van der Waals surface area contributed by atoms with Crippen LogP contribution in [-0.4, -0.2) is 52.1 Å². The van der Waals surface area contributed by atoms with Gasteiger partial charge in [0, 0.05) is 45.3 Å². The van der Waals surface area contributed by atoms with E-state index in [1.165, 1.54) is 0 Å². The van der Waals surface area contributed by atoms with Gasteiger partial charge in [-0.2, -0.15) is 0 Å². The van der Waals surface area contributed by atoms with Crippen LogP contribution in [0.5, 0.6) is 5.88 Å². The van der Waals surface area contributed by atoms with Gasteiger partial charge in [-0.05, 0) is 12.0 Å². The van der Waals surface area contributed by atoms with Crippen molar-refractivity contribution in [3.05, 3.63) is 41.4 Å². The Morgan fingerprint density at radius 3 is 2.65 bits per heavy atom. The molecule has 2 bridgehead atoms. The van der Waals surface area contributed by atoms with Crippen molar-refractivity contribution in [3.63, 3.8) is 0 Å². The maximum Gasteiger partial charge on any atom is 0.212 e. The smallest absolute Gasteiger partial charge is 0.212 e. The fourth-order valence-electron chi connectivity index (χ4n) is 3.27. The van der Waals surface area contributed by atoms with Crippen molar-refractivity contribution < 1.29 is 6.11 Å². The van der Waals surface area contributed by atoms with Crippen molar-refractivity contribution in [1.82, 2.24) is 19.9 Å². The van der Waals surface area contributed by atoms with Crippen LogP contribution in [0.2, 0.25) is 5.15 Å². The average Bonchev–Trinajstić information content (AvgIpc) is 2.62. The molecule has 3 fully saturated rings. The molecule has 3 unspecified atom stereocenters. The summed E-state index contributed by atoms with van der Waals surface area (Å²) in [6.07, 6.45) is 6.14. The number of methoxy groups -OCH3 is 1. The molecule has 3 saturated heterocycles. The minimum atomic E-state index is -0.398. The Morgan fingerprint density at radius 1 is 1.22 bits per heavy atom. The van der Waals surface area contributed by atoms with Gasteiger partial charge >= 0.3 is 0 Å². The van der Waals surface area contributed by atoms with Gasteiger partial charge < -0.3 is 9.64 Å². The van der Waals surface area contributed by atoms with Crippen LogP contribution in [0, 0.1) is 0 Å². The lowest BCUT2D eigenvalue weighted by Crippen LogP contribution is -2.68. The van der Waals surface area contributed by atoms with Crippen LogP contribution in [0.15, 0.2) is 30.7 Å². The number of rotatable bonds is 4. The number of piperazine rings is 1. The number of anilines is 1. The van der Waals surface area contributed by atoms with Crippen molar-refractivity contribution in [2.24, 2.45) is 0 Å². The molecule has 0 N–H and O–H groups in total. The highest BCUT2D eigenvalue weighted by atomic mass is 35.5. The highest BCUT2D eigenvalue weighted by Gasteiger charge is 2.44. The number of aromatic nitrogens is 3. The summed E-state index contributed by atoms with van der Waals surface area (Å²) in [5, 5.41) is 0.403. The first-order valence-corrected chi connectivity index (χ1v) is 7.95. The second-order valence-corrected chi connectivity index (χ2v) is 6.24. The van der Waals surface area contributed by atoms with Crippen molar-refractivity contribution in [3.8, 4) is 5.88 Å². The molecule has 3 atom stereocenters. The molecule has 0 aliphatic carbocycles. The van der Waals surface area contributed by atoms with Crippen LogP contribution in [-0.2, 0) is 6.52 Å². The Labute approximate surface area is 141 Å². The van der Waals surface area contributed by atoms with Crippen LogP contribution in [0.25, 0.3) is 0 Å². The zero-order chi connectivity index (χ0) is 16.7. The molecule has 2 aromatic heterocycles. The maximum atomic E-state index is 8.58. The third kappa shape index (κ3) is 2.84. The monoisotopic (exact) mass is 332 g/mol. The number of ether oxygens (including phenoxy) is 1. The topological polar surface area (TPSA) is 54.4 Å². The predicted molar refractivity (Wildman–Crippen MR) is 87.8 cm³/mol. The molecule has 0 saturated carbocycles. The summed E-state index contributed by atoms with van der Waals surface area (Å²) in [7, 11) is 1.59. The van der Waals surface area contributed by atoms with Crippen LogP contribution < -0.4 is 9.64 Å². The van der Waals surface area contributed by atoms with Crippen molar-refractivity contribution in [2.45, 2.75) is 25.0 Å². The van der Waals surface area contributed by atoms with Crippen molar-refractivity contribution in [2.75, 3.05) is 25.1 Å². The molecule has 6 nitrogen and oxygen atoms in total. The first-order valence-electron chi connectivity index (χ1n) is 8.15. The van der Waals surface area contributed by atoms with Crippen LogP contribution in [0.1, 0.15) is 13.4 Å². The minimum absolute atomic E-state index is 0.353. The van der Waals surface area contributed by atoms with E-state index in [1.54, 1.807) is 25.7 Å². The molecule has 2 aromatic rings. The zero-order valence-electron chi connectivity index (χ0n) is 13.8. The lowest BCUT2D eigenvalue weighted by atomic mass is 9.87. The minimum Gasteiger partial charge on any atom is -0.481 e. The van der Waals surface area contributed by atoms with Gasteiger partial charge in [0.1, 0.15) is 11.0 Å². The molecule has 5 heterocycles. The van der Waals surface area contributed by atoms with Gasteiger partial charge in [0.05, 0.1) is 19.5 Å². The summed E-state index contributed by atoms with van der Waals surface area (Å²) in [4.78, 5) is 17.1. The van der Waals surface area contributed by atoms with Gasteiger partial charge in [-0.3, -0.25) is 4.90 Å². The number of pyridine rings is 1. The SMILES string of the molecule is [2H]C(c1ccc(OC)nc1)N1C2CC1CN(c1cnc(Cl)cn1)C2. The quantitative estimate of drug-likeness (QED) is 0.853. The molecule has 0 aromatic carbocycles. The highest BCUT2D eigenvalue weighted by molar-refractivity contribution is 6.29. The molecule has 0 spiro atoms. The molecule has 3 aliphatic heterocycles. The lowest BCUT2D eigenvalue weighted by Gasteiger charge is -2.56. The summed E-state index contributed by atoms with van der Waals surface area (Å²) < 4.78 is 13.7. The number of halogens is 1. The molecule has 0 amide bonds. The number of hydrogen-bond donors (Lipinski definition) is 0. The second kappa shape index (κ2) is 5.94. The number of nitrogens with zero attached hydrogens (tertiary/aromatic N) is 5. The van der Waals surface area contributed by atoms with Gasteiger partial charge in [-0.1, -0.05) is 17.7 Å². The van der Waals surface area contributed by atoms with E-state index in [1.807, 2.05) is 12.1 Å². The summed E-state index contributed by atoms with van der Waals surface area (Å²) in [5.41, 5.74) is 0.894. The van der Waals surface area contributed by atoms with E-state index < -0.39 is 6.52 Å². The summed E-state index contributed by atoms with van der Waals surface area (Å²) in [6, 6.07) is 4.43. The predicted octanol–water partition coefficient (Wildman–Crippen LogP) is 2.00. The molecule has 7 heteroatoms. The number of hydrogen-bond acceptors (Lipinski definition) is 6. The Hall–Kier alpha value is -1.92. The first-order chi connectivity index (χ1) is 11.7. The van der Waals surface area contributed by atoms with Crippen LogP contribution in [0.3, 0.4) is 0 Å². The Morgan fingerprint density at radius 2 is 2.04 bits per heavy atom. The Bertz CT molecular complexity index is 701. The summed E-state index contributed by atoms with van der Waals surface area (Å²) in [5.74, 6) is 1.42. The van der Waals surface area contributed by atoms with Gasteiger partial charge in [0.25, 0.3) is 0 Å². The van der Waals surface area contributed by atoms with Gasteiger partial charge in [0.15, 0.2) is 0 Å². The zero-order valence-corrected chi connectivity index (χ0v) is 13.5. The normalized spacial score (nSPS) is 25.5. The van der Waals surface area contributed by atoms with E-state index in [-0.39, 0.29) is 0 Å². The van der Waals surface area contributed by atoms with E-state index in [9.17, 15) is 0 Å². The molecule has 3 aliphatic rings. The Kier molecular flexibility index (Phi) is 3.49. The fraction of sp³-hybridized carbons (Fsp3) is 0.438. The maximum absolute atomic E-state index is 8.58. The van der Waals surface area contributed by atoms with Crippen LogP contribution in [0.4, 0.5) is 5.82 Å².